The molecule has 1 fully saturated rings. The highest BCUT2D eigenvalue weighted by Crippen LogP contribution is 2.39. The third kappa shape index (κ3) is 7.40. The Kier molecular flexibility index (Phi) is 10.8. The lowest BCUT2D eigenvalue weighted by Crippen LogP contribution is -2.54. The molecule has 2 aromatic carbocycles. The molecule has 0 saturated heterocycles. The number of amides is 2. The summed E-state index contributed by atoms with van der Waals surface area (Å²) in [5.74, 6) is 0.708. The molecule has 1 aliphatic carbocycles. The molecular formula is C30H43N3O5. The van der Waals surface area contributed by atoms with Crippen molar-refractivity contribution in [3.05, 3.63) is 53.6 Å². The number of carbonyl (C=O) groups excluding carboxylic acids is 2. The first-order valence-electron chi connectivity index (χ1n) is 13.5. The van der Waals surface area contributed by atoms with Crippen molar-refractivity contribution >= 4 is 11.8 Å². The molecule has 1 aliphatic rings. The van der Waals surface area contributed by atoms with Crippen molar-refractivity contribution in [3.8, 4) is 17.2 Å². The molecule has 0 spiro atoms. The Hall–Kier alpha value is -3.26. The average Bonchev–Trinajstić information content (AvgIpc) is 3.42. The van der Waals surface area contributed by atoms with E-state index in [-0.39, 0.29) is 17.4 Å². The van der Waals surface area contributed by atoms with Crippen molar-refractivity contribution in [1.82, 2.24) is 15.5 Å². The maximum atomic E-state index is 13.3. The zero-order valence-electron chi connectivity index (χ0n) is 23.5. The van der Waals surface area contributed by atoms with E-state index in [1.807, 2.05) is 37.3 Å². The summed E-state index contributed by atoms with van der Waals surface area (Å²) in [6, 6.07) is 12.7. The number of likely N-dealkylation sites (N-methyl/N-ethyl adjacent to an activating group) is 1. The van der Waals surface area contributed by atoms with Crippen LogP contribution in [0.15, 0.2) is 42.5 Å². The lowest BCUT2D eigenvalue weighted by atomic mass is 9.95. The quantitative estimate of drug-likeness (QED) is 0.384. The van der Waals surface area contributed by atoms with Crippen molar-refractivity contribution < 1.29 is 23.8 Å². The third-order valence-electron chi connectivity index (χ3n) is 7.48. The van der Waals surface area contributed by atoms with Gasteiger partial charge in [0, 0.05) is 24.1 Å². The van der Waals surface area contributed by atoms with Crippen LogP contribution in [-0.4, -0.2) is 69.8 Å². The molecule has 1 atom stereocenters. The summed E-state index contributed by atoms with van der Waals surface area (Å²) >= 11 is 0. The highest BCUT2D eigenvalue weighted by atomic mass is 16.5. The molecule has 0 bridgehead atoms. The van der Waals surface area contributed by atoms with Crippen LogP contribution in [0.25, 0.3) is 0 Å². The van der Waals surface area contributed by atoms with Gasteiger partial charge in [0.2, 0.25) is 11.7 Å². The maximum Gasteiger partial charge on any atom is 0.252 e. The number of ether oxygens (including phenoxy) is 3. The summed E-state index contributed by atoms with van der Waals surface area (Å²) in [6.07, 6.45) is 6.48. The van der Waals surface area contributed by atoms with Gasteiger partial charge in [-0.25, -0.2) is 0 Å². The standard InChI is InChI=1S/C30H43N3O5/c1-6-12-24(29(35)31-21-30(33(2)3)16-10-11-17-30)32-28(34)23-19-25(36-4)27(26(20-23)37-5)38-18-15-22-13-8-7-9-14-22/h7-9,13-14,19-20,24H,6,10-12,15-18,21H2,1-5H3,(H,31,35)(H,32,34)/t24-/m0/s1. The molecular weight excluding hydrogens is 482 g/mol. The van der Waals surface area contributed by atoms with E-state index in [1.54, 1.807) is 12.1 Å². The van der Waals surface area contributed by atoms with Crippen LogP contribution >= 0.6 is 0 Å². The predicted molar refractivity (Wildman–Crippen MR) is 149 cm³/mol. The van der Waals surface area contributed by atoms with Crippen LogP contribution in [0.4, 0.5) is 0 Å². The monoisotopic (exact) mass is 525 g/mol. The Morgan fingerprint density at radius 2 is 1.66 bits per heavy atom. The minimum absolute atomic E-state index is 0.0203. The molecule has 2 N–H and O–H groups in total. The predicted octanol–water partition coefficient (Wildman–Crippen LogP) is 4.21. The van der Waals surface area contributed by atoms with E-state index in [0.29, 0.717) is 42.4 Å². The van der Waals surface area contributed by atoms with Crippen LogP contribution in [0, 0.1) is 0 Å². The van der Waals surface area contributed by atoms with Gasteiger partial charge in [0.05, 0.1) is 20.8 Å². The third-order valence-corrected chi connectivity index (χ3v) is 7.48. The maximum absolute atomic E-state index is 13.3. The lowest BCUT2D eigenvalue weighted by Gasteiger charge is -2.37. The van der Waals surface area contributed by atoms with Crippen molar-refractivity contribution in [3.63, 3.8) is 0 Å². The molecule has 2 amide bonds. The number of hydrogen-bond donors (Lipinski definition) is 2. The van der Waals surface area contributed by atoms with E-state index in [4.69, 9.17) is 14.2 Å². The number of methoxy groups -OCH3 is 2. The molecule has 0 unspecified atom stereocenters. The first-order valence-corrected chi connectivity index (χ1v) is 13.5. The Bertz CT molecular complexity index is 1030. The topological polar surface area (TPSA) is 89.1 Å². The van der Waals surface area contributed by atoms with Gasteiger partial charge >= 0.3 is 0 Å². The molecule has 1 saturated carbocycles. The fraction of sp³-hybridized carbons (Fsp3) is 0.533. The van der Waals surface area contributed by atoms with Crippen molar-refractivity contribution in [2.45, 2.75) is 63.5 Å². The zero-order valence-corrected chi connectivity index (χ0v) is 23.5. The first kappa shape index (κ1) is 29.3. The highest BCUT2D eigenvalue weighted by molar-refractivity contribution is 5.98. The first-order chi connectivity index (χ1) is 18.3. The van der Waals surface area contributed by atoms with Crippen molar-refractivity contribution in [2.24, 2.45) is 0 Å². The Balaban J connectivity index is 1.69. The van der Waals surface area contributed by atoms with Gasteiger partial charge < -0.3 is 29.7 Å². The number of benzene rings is 2. The van der Waals surface area contributed by atoms with Gasteiger partial charge in [-0.3, -0.25) is 9.59 Å². The van der Waals surface area contributed by atoms with E-state index in [2.05, 4.69) is 29.6 Å². The number of hydrogen-bond acceptors (Lipinski definition) is 6. The molecule has 0 heterocycles. The number of carbonyl (C=O) groups is 2. The molecule has 0 aliphatic heterocycles. The normalized spacial score (nSPS) is 15.1. The molecule has 0 radical (unpaired) electrons. The van der Waals surface area contributed by atoms with Gasteiger partial charge in [0.15, 0.2) is 11.5 Å². The van der Waals surface area contributed by atoms with E-state index >= 15 is 0 Å². The molecule has 2 aromatic rings. The second-order valence-electron chi connectivity index (χ2n) is 10.2. The summed E-state index contributed by atoms with van der Waals surface area (Å²) in [4.78, 5) is 28.6. The summed E-state index contributed by atoms with van der Waals surface area (Å²) in [5, 5.41) is 6.04. The van der Waals surface area contributed by atoms with Crippen LogP contribution in [0.3, 0.4) is 0 Å². The summed E-state index contributed by atoms with van der Waals surface area (Å²) in [5.41, 5.74) is 1.47. The minimum atomic E-state index is -0.632. The second-order valence-corrected chi connectivity index (χ2v) is 10.2. The summed E-state index contributed by atoms with van der Waals surface area (Å²) < 4.78 is 17.1. The summed E-state index contributed by atoms with van der Waals surface area (Å²) in [7, 11) is 7.19. The van der Waals surface area contributed by atoms with E-state index in [9.17, 15) is 9.59 Å². The molecule has 0 aromatic heterocycles. The van der Waals surface area contributed by atoms with E-state index in [0.717, 1.165) is 31.2 Å². The molecule has 8 nitrogen and oxygen atoms in total. The van der Waals surface area contributed by atoms with Crippen LogP contribution in [0.1, 0.15) is 61.4 Å². The molecule has 3 rings (SSSR count). The molecule has 8 heteroatoms. The van der Waals surface area contributed by atoms with Gasteiger partial charge in [-0.1, -0.05) is 56.5 Å². The van der Waals surface area contributed by atoms with E-state index < -0.39 is 6.04 Å². The summed E-state index contributed by atoms with van der Waals surface area (Å²) in [6.45, 7) is 3.00. The van der Waals surface area contributed by atoms with Crippen LogP contribution in [0.5, 0.6) is 17.2 Å². The van der Waals surface area contributed by atoms with E-state index in [1.165, 1.54) is 27.1 Å². The van der Waals surface area contributed by atoms with Crippen molar-refractivity contribution in [2.75, 3.05) is 41.5 Å². The fourth-order valence-electron chi connectivity index (χ4n) is 5.06. The van der Waals surface area contributed by atoms with Gasteiger partial charge in [0.25, 0.3) is 5.91 Å². The smallest absolute Gasteiger partial charge is 0.252 e. The van der Waals surface area contributed by atoms with Crippen LogP contribution in [0.2, 0.25) is 0 Å². The van der Waals surface area contributed by atoms with Gasteiger partial charge in [-0.05, 0) is 51.1 Å². The van der Waals surface area contributed by atoms with Crippen LogP contribution < -0.4 is 24.8 Å². The number of rotatable bonds is 14. The minimum Gasteiger partial charge on any atom is -0.493 e. The highest BCUT2D eigenvalue weighted by Gasteiger charge is 2.36. The Morgan fingerprint density at radius 3 is 2.21 bits per heavy atom. The van der Waals surface area contributed by atoms with Crippen molar-refractivity contribution in [1.29, 1.82) is 0 Å². The SMILES string of the molecule is CCC[C@H](NC(=O)c1cc(OC)c(OCCc2ccccc2)c(OC)c1)C(=O)NCC1(N(C)C)CCCC1. The second kappa shape index (κ2) is 14.0. The largest absolute Gasteiger partial charge is 0.493 e. The van der Waals surface area contributed by atoms with Gasteiger partial charge in [0.1, 0.15) is 6.04 Å². The Labute approximate surface area is 227 Å². The van der Waals surface area contributed by atoms with Gasteiger partial charge in [-0.2, -0.15) is 0 Å². The average molecular weight is 526 g/mol. The van der Waals surface area contributed by atoms with Gasteiger partial charge in [-0.15, -0.1) is 0 Å². The Morgan fingerprint density at radius 1 is 1.03 bits per heavy atom. The lowest BCUT2D eigenvalue weighted by molar-refractivity contribution is -0.123. The fourth-order valence-corrected chi connectivity index (χ4v) is 5.06. The number of nitrogens with one attached hydrogen (secondary N) is 2. The number of nitrogens with zero attached hydrogens (tertiary/aromatic N) is 1. The van der Waals surface area contributed by atoms with Crippen LogP contribution in [-0.2, 0) is 11.2 Å². The molecule has 208 valence electrons. The molecule has 38 heavy (non-hydrogen) atoms. The zero-order chi connectivity index (χ0) is 27.5.